The van der Waals surface area contributed by atoms with Crippen LogP contribution in [-0.4, -0.2) is 43.8 Å². The molecule has 0 aliphatic carbocycles. The standard InChI is InChI=1S/C32H29F3NO7P/c1-40-26-17-13-24(14-18-26)31(23-11-7-4-8-12-23,25-15-19-27(41-2)20-16-25)42-21-28(36-30(37)32(33,34)35)29(43-44(38)39)22-9-5-3-6-10-22/h3-20,28-29H,21H2,1-2H3,(H-,36,37,38,39)/p+1. The number of amides is 1. The Hall–Kier alpha value is -4.28. The van der Waals surface area contributed by atoms with Gasteiger partial charge in [-0.25, -0.2) is 0 Å². The second-order valence-electron chi connectivity index (χ2n) is 9.57. The Bertz CT molecular complexity index is 1470. The van der Waals surface area contributed by atoms with Gasteiger partial charge >= 0.3 is 20.3 Å². The van der Waals surface area contributed by atoms with E-state index >= 15 is 0 Å². The summed E-state index contributed by atoms with van der Waals surface area (Å²) in [4.78, 5) is 21.9. The zero-order valence-corrected chi connectivity index (χ0v) is 24.6. The van der Waals surface area contributed by atoms with Crippen molar-refractivity contribution in [2.75, 3.05) is 20.8 Å². The fourth-order valence-electron chi connectivity index (χ4n) is 4.85. The first-order chi connectivity index (χ1) is 21.1. The molecule has 0 heterocycles. The molecule has 4 rings (SSSR count). The van der Waals surface area contributed by atoms with Crippen LogP contribution in [0.1, 0.15) is 28.4 Å². The quantitative estimate of drug-likeness (QED) is 0.129. The maximum Gasteiger partial charge on any atom is 0.695 e. The van der Waals surface area contributed by atoms with Crippen LogP contribution in [0.2, 0.25) is 0 Å². The van der Waals surface area contributed by atoms with Crippen molar-refractivity contribution in [2.24, 2.45) is 0 Å². The largest absolute Gasteiger partial charge is 0.695 e. The van der Waals surface area contributed by atoms with E-state index in [2.05, 4.69) is 0 Å². The molecule has 3 unspecified atom stereocenters. The molecule has 2 N–H and O–H groups in total. The van der Waals surface area contributed by atoms with Crippen LogP contribution in [0.3, 0.4) is 0 Å². The smallest absolute Gasteiger partial charge is 0.497 e. The van der Waals surface area contributed by atoms with Crippen LogP contribution in [0.5, 0.6) is 11.5 Å². The molecule has 3 atom stereocenters. The molecule has 44 heavy (non-hydrogen) atoms. The summed E-state index contributed by atoms with van der Waals surface area (Å²) in [5.41, 5.74) is 0.577. The Labute approximate surface area is 253 Å². The molecule has 0 fully saturated rings. The van der Waals surface area contributed by atoms with Crippen LogP contribution in [0.15, 0.2) is 109 Å². The average molecular weight is 629 g/mol. The third-order valence-corrected chi connectivity index (χ3v) is 7.33. The minimum atomic E-state index is -5.25. The first-order valence-electron chi connectivity index (χ1n) is 13.3. The van der Waals surface area contributed by atoms with E-state index in [0.717, 1.165) is 0 Å². The Kier molecular flexibility index (Phi) is 10.7. The maximum atomic E-state index is 13.5. The van der Waals surface area contributed by atoms with Crippen molar-refractivity contribution in [3.63, 3.8) is 0 Å². The SMILES string of the molecule is COc1ccc(C(OCC(NC(=O)C(F)(F)F)C(O[P+](=O)O)c2ccccc2)(c2ccccc2)c2ccc(OC)cc2)cc1. The van der Waals surface area contributed by atoms with Crippen LogP contribution in [0.25, 0.3) is 0 Å². The summed E-state index contributed by atoms with van der Waals surface area (Å²) < 4.78 is 75.0. The zero-order valence-electron chi connectivity index (χ0n) is 23.7. The van der Waals surface area contributed by atoms with Gasteiger partial charge in [-0.1, -0.05) is 84.9 Å². The summed E-state index contributed by atoms with van der Waals surface area (Å²) in [6.45, 7) is -0.586. The Balaban J connectivity index is 1.90. The van der Waals surface area contributed by atoms with E-state index in [1.54, 1.807) is 97.1 Å². The molecule has 1 amide bonds. The number of benzene rings is 4. The molecule has 8 nitrogen and oxygen atoms in total. The number of ether oxygens (including phenoxy) is 3. The van der Waals surface area contributed by atoms with Crippen LogP contribution in [-0.2, 0) is 24.2 Å². The average Bonchev–Trinajstić information content (AvgIpc) is 3.04. The number of rotatable bonds is 13. The van der Waals surface area contributed by atoms with Crippen molar-refractivity contribution in [3.05, 3.63) is 131 Å². The lowest BCUT2D eigenvalue weighted by atomic mass is 9.80. The number of nitrogens with one attached hydrogen (secondary N) is 1. The summed E-state index contributed by atoms with van der Waals surface area (Å²) in [6, 6.07) is 29.2. The van der Waals surface area contributed by atoms with Gasteiger partial charge in [-0.3, -0.25) is 4.79 Å². The van der Waals surface area contributed by atoms with Gasteiger partial charge in [-0.15, -0.1) is 9.42 Å². The minimum Gasteiger partial charge on any atom is -0.497 e. The molecule has 0 spiro atoms. The first-order valence-corrected chi connectivity index (χ1v) is 14.5. The van der Waals surface area contributed by atoms with Gasteiger partial charge in [0.05, 0.1) is 26.9 Å². The fourth-order valence-corrected chi connectivity index (χ4v) is 5.31. The lowest BCUT2D eigenvalue weighted by Crippen LogP contribution is -2.49. The van der Waals surface area contributed by atoms with Crippen molar-refractivity contribution < 1.29 is 46.2 Å². The molecule has 0 saturated carbocycles. The highest BCUT2D eigenvalue weighted by atomic mass is 31.1. The highest BCUT2D eigenvalue weighted by Gasteiger charge is 2.45. The normalized spacial score (nSPS) is 13.5. The summed E-state index contributed by atoms with van der Waals surface area (Å²) in [5.74, 6) is -1.14. The van der Waals surface area contributed by atoms with E-state index in [-0.39, 0.29) is 5.56 Å². The zero-order chi connectivity index (χ0) is 31.7. The van der Waals surface area contributed by atoms with Crippen LogP contribution >= 0.6 is 8.25 Å². The summed E-state index contributed by atoms with van der Waals surface area (Å²) in [5, 5.41) is 1.93. The molecule has 0 aliphatic heterocycles. The summed E-state index contributed by atoms with van der Waals surface area (Å²) in [7, 11) is -0.263. The molecule has 12 heteroatoms. The van der Waals surface area contributed by atoms with Crippen LogP contribution in [0.4, 0.5) is 13.2 Å². The van der Waals surface area contributed by atoms with E-state index < -0.39 is 44.7 Å². The minimum absolute atomic E-state index is 0.250. The van der Waals surface area contributed by atoms with Gasteiger partial charge in [0.25, 0.3) is 0 Å². The van der Waals surface area contributed by atoms with Crippen LogP contribution < -0.4 is 14.8 Å². The van der Waals surface area contributed by atoms with E-state index in [4.69, 9.17) is 18.7 Å². The van der Waals surface area contributed by atoms with Crippen molar-refractivity contribution in [2.45, 2.75) is 23.9 Å². The maximum absolute atomic E-state index is 13.5. The van der Waals surface area contributed by atoms with Gasteiger partial charge in [-0.2, -0.15) is 13.2 Å². The van der Waals surface area contributed by atoms with E-state index in [9.17, 15) is 27.4 Å². The predicted octanol–water partition coefficient (Wildman–Crippen LogP) is 6.47. The molecule has 0 aliphatic rings. The molecule has 0 saturated heterocycles. The number of carbonyl (C=O) groups excluding carboxylic acids is 1. The van der Waals surface area contributed by atoms with Crippen LogP contribution in [0, 0.1) is 0 Å². The first kappa shape index (κ1) is 32.6. The highest BCUT2D eigenvalue weighted by molar-refractivity contribution is 7.32. The molecular weight excluding hydrogens is 598 g/mol. The van der Waals surface area contributed by atoms with Crippen molar-refractivity contribution in [1.29, 1.82) is 0 Å². The highest BCUT2D eigenvalue weighted by Crippen LogP contribution is 2.43. The van der Waals surface area contributed by atoms with Gasteiger partial charge in [0.15, 0.2) is 6.10 Å². The summed E-state index contributed by atoms with van der Waals surface area (Å²) in [6.07, 6.45) is -6.74. The molecule has 0 bridgehead atoms. The predicted molar refractivity (Wildman–Crippen MR) is 156 cm³/mol. The molecule has 4 aromatic carbocycles. The lowest BCUT2D eigenvalue weighted by Gasteiger charge is -2.38. The van der Waals surface area contributed by atoms with Gasteiger partial charge in [0.2, 0.25) is 0 Å². The Morgan fingerprint density at radius 3 is 1.66 bits per heavy atom. The number of halogens is 3. The lowest BCUT2D eigenvalue weighted by molar-refractivity contribution is -0.176. The molecular formula is C32H30F3NO7P+. The monoisotopic (exact) mass is 628 g/mol. The molecule has 0 aromatic heterocycles. The number of hydrogen-bond donors (Lipinski definition) is 2. The third kappa shape index (κ3) is 7.62. The van der Waals surface area contributed by atoms with Gasteiger partial charge in [0.1, 0.15) is 17.1 Å². The third-order valence-electron chi connectivity index (χ3n) is 6.92. The fraction of sp³-hybridized carbons (Fsp3) is 0.219. The molecule has 0 radical (unpaired) electrons. The number of hydrogen-bond acceptors (Lipinski definition) is 6. The molecule has 4 aromatic rings. The number of alkyl halides is 3. The van der Waals surface area contributed by atoms with Crippen molar-refractivity contribution >= 4 is 14.2 Å². The number of methoxy groups -OCH3 is 2. The van der Waals surface area contributed by atoms with Gasteiger partial charge < -0.3 is 19.5 Å². The van der Waals surface area contributed by atoms with E-state index in [0.29, 0.717) is 28.2 Å². The van der Waals surface area contributed by atoms with E-state index in [1.807, 2.05) is 5.32 Å². The molecule has 230 valence electrons. The summed E-state index contributed by atoms with van der Waals surface area (Å²) >= 11 is 0. The van der Waals surface area contributed by atoms with Gasteiger partial charge in [-0.05, 0) is 46.5 Å². The second-order valence-corrected chi connectivity index (χ2v) is 10.3. The Morgan fingerprint density at radius 1 is 0.773 bits per heavy atom. The number of carbonyl (C=O) groups is 1. The van der Waals surface area contributed by atoms with Crippen molar-refractivity contribution in [3.8, 4) is 11.5 Å². The topological polar surface area (TPSA) is 103 Å². The van der Waals surface area contributed by atoms with Gasteiger partial charge in [0, 0.05) is 4.57 Å². The van der Waals surface area contributed by atoms with E-state index in [1.165, 1.54) is 26.4 Å². The Morgan fingerprint density at radius 2 is 1.23 bits per heavy atom. The van der Waals surface area contributed by atoms with Crippen molar-refractivity contribution in [1.82, 2.24) is 5.32 Å². The second kappa shape index (κ2) is 14.5.